The van der Waals surface area contributed by atoms with E-state index in [1.807, 2.05) is 0 Å². The Morgan fingerprint density at radius 1 is 1.32 bits per heavy atom. The molecule has 0 heterocycles. The van der Waals surface area contributed by atoms with E-state index < -0.39 is 20.7 Å². The van der Waals surface area contributed by atoms with Crippen molar-refractivity contribution in [3.05, 3.63) is 29.8 Å². The Labute approximate surface area is 113 Å². The lowest BCUT2D eigenvalue weighted by Crippen LogP contribution is -2.33. The van der Waals surface area contributed by atoms with E-state index in [4.69, 9.17) is 5.11 Å². The quantitative estimate of drug-likeness (QED) is 0.869. The van der Waals surface area contributed by atoms with Crippen molar-refractivity contribution in [3.63, 3.8) is 0 Å². The zero-order chi connectivity index (χ0) is 14.7. The minimum Gasteiger partial charge on any atom is -0.481 e. The van der Waals surface area contributed by atoms with Gasteiger partial charge in [-0.2, -0.15) is 0 Å². The van der Waals surface area contributed by atoms with Gasteiger partial charge in [0.05, 0.1) is 4.75 Å². The Morgan fingerprint density at radius 3 is 2.47 bits per heavy atom. The second kappa shape index (κ2) is 5.61. The van der Waals surface area contributed by atoms with E-state index in [1.54, 1.807) is 45.0 Å². The molecule has 0 aromatic heterocycles. The molecule has 0 radical (unpaired) electrons. The maximum Gasteiger partial charge on any atom is 0.303 e. The zero-order valence-corrected chi connectivity index (χ0v) is 12.1. The van der Waals surface area contributed by atoms with E-state index in [9.17, 15) is 13.2 Å². The highest BCUT2D eigenvalue weighted by atomic mass is 32.2. The molecule has 0 bridgehead atoms. The molecule has 0 aliphatic rings. The largest absolute Gasteiger partial charge is 0.481 e. The number of hydrogen-bond donors (Lipinski definition) is 2. The van der Waals surface area contributed by atoms with Gasteiger partial charge in [0.2, 0.25) is 10.0 Å². The Bertz CT molecular complexity index is 558. The van der Waals surface area contributed by atoms with Crippen molar-refractivity contribution >= 4 is 21.7 Å². The zero-order valence-electron chi connectivity index (χ0n) is 11.3. The number of benzene rings is 1. The third-order valence-electron chi connectivity index (χ3n) is 2.61. The van der Waals surface area contributed by atoms with Gasteiger partial charge in [-0.1, -0.05) is 12.1 Å². The summed E-state index contributed by atoms with van der Waals surface area (Å²) in [6, 6.07) is 6.79. The van der Waals surface area contributed by atoms with Gasteiger partial charge in [-0.05, 0) is 44.9 Å². The van der Waals surface area contributed by atoms with Gasteiger partial charge in [-0.15, -0.1) is 0 Å². The molecule has 0 spiro atoms. The van der Waals surface area contributed by atoms with Crippen LogP contribution in [0.4, 0.5) is 5.69 Å². The SMILES string of the molecule is CC(C)(C)S(=O)(=O)Nc1cccc(CCC(=O)O)c1. The second-order valence-corrected chi connectivity index (χ2v) is 7.75. The second-order valence-electron chi connectivity index (χ2n) is 5.31. The Morgan fingerprint density at radius 2 is 1.95 bits per heavy atom. The van der Waals surface area contributed by atoms with Crippen molar-refractivity contribution in [2.75, 3.05) is 4.72 Å². The number of sulfonamides is 1. The van der Waals surface area contributed by atoms with Crippen LogP contribution in [-0.4, -0.2) is 24.2 Å². The summed E-state index contributed by atoms with van der Waals surface area (Å²) in [7, 11) is -3.47. The highest BCUT2D eigenvalue weighted by Gasteiger charge is 2.28. The van der Waals surface area contributed by atoms with Crippen LogP contribution >= 0.6 is 0 Å². The van der Waals surface area contributed by atoms with Crippen LogP contribution in [0.25, 0.3) is 0 Å². The molecular weight excluding hydrogens is 266 g/mol. The third-order valence-corrected chi connectivity index (χ3v) is 4.73. The Balaban J connectivity index is 2.86. The van der Waals surface area contributed by atoms with Crippen molar-refractivity contribution in [2.45, 2.75) is 38.4 Å². The number of anilines is 1. The van der Waals surface area contributed by atoms with Gasteiger partial charge in [0.1, 0.15) is 0 Å². The Hall–Kier alpha value is -1.56. The van der Waals surface area contributed by atoms with E-state index in [0.717, 1.165) is 5.56 Å². The molecule has 5 nitrogen and oxygen atoms in total. The molecular formula is C13H19NO4S. The first-order valence-electron chi connectivity index (χ1n) is 5.95. The number of hydrogen-bond acceptors (Lipinski definition) is 3. The molecule has 0 amide bonds. The normalized spacial score (nSPS) is 12.2. The number of aryl methyl sites for hydroxylation is 1. The van der Waals surface area contributed by atoms with Gasteiger partial charge in [-0.3, -0.25) is 9.52 Å². The van der Waals surface area contributed by atoms with E-state index in [0.29, 0.717) is 12.1 Å². The molecule has 1 aromatic carbocycles. The van der Waals surface area contributed by atoms with Crippen LogP contribution in [0.1, 0.15) is 32.8 Å². The van der Waals surface area contributed by atoms with Gasteiger partial charge in [-0.25, -0.2) is 8.42 Å². The summed E-state index contributed by atoms with van der Waals surface area (Å²) in [4.78, 5) is 10.5. The van der Waals surface area contributed by atoms with Gasteiger partial charge in [0, 0.05) is 12.1 Å². The molecule has 0 unspecified atom stereocenters. The van der Waals surface area contributed by atoms with E-state index >= 15 is 0 Å². The molecule has 106 valence electrons. The molecule has 1 aromatic rings. The van der Waals surface area contributed by atoms with Crippen LogP contribution in [0, 0.1) is 0 Å². The van der Waals surface area contributed by atoms with Crippen LogP contribution in [0.3, 0.4) is 0 Å². The number of rotatable bonds is 5. The van der Waals surface area contributed by atoms with Crippen LogP contribution in [0.5, 0.6) is 0 Å². The van der Waals surface area contributed by atoms with Crippen molar-refractivity contribution < 1.29 is 18.3 Å². The monoisotopic (exact) mass is 285 g/mol. The molecule has 6 heteroatoms. The summed E-state index contributed by atoms with van der Waals surface area (Å²) < 4.78 is 25.6. The number of carbonyl (C=O) groups is 1. The average molecular weight is 285 g/mol. The van der Waals surface area contributed by atoms with Crippen LogP contribution in [0.15, 0.2) is 24.3 Å². The smallest absolute Gasteiger partial charge is 0.303 e. The van der Waals surface area contributed by atoms with Crippen molar-refractivity contribution in [3.8, 4) is 0 Å². The first kappa shape index (κ1) is 15.5. The summed E-state index contributed by atoms with van der Waals surface area (Å²) in [6.45, 7) is 4.84. The molecule has 2 N–H and O–H groups in total. The summed E-state index contributed by atoms with van der Waals surface area (Å²) in [6.07, 6.45) is 0.399. The number of aliphatic carboxylic acids is 1. The fraction of sp³-hybridized carbons (Fsp3) is 0.462. The molecule has 0 aliphatic heterocycles. The molecule has 0 fully saturated rings. The van der Waals surface area contributed by atoms with Crippen LogP contribution < -0.4 is 4.72 Å². The predicted octanol–water partition coefficient (Wildman–Crippen LogP) is 2.24. The van der Waals surface area contributed by atoms with Gasteiger partial charge >= 0.3 is 5.97 Å². The predicted molar refractivity (Wildman–Crippen MR) is 74.7 cm³/mol. The fourth-order valence-electron chi connectivity index (χ4n) is 1.35. The highest BCUT2D eigenvalue weighted by Crippen LogP contribution is 2.20. The summed E-state index contributed by atoms with van der Waals surface area (Å²) in [5, 5.41) is 8.63. The number of carboxylic acid groups (broad SMARTS) is 1. The summed E-state index contributed by atoms with van der Waals surface area (Å²) >= 11 is 0. The first-order chi connectivity index (χ1) is 8.62. The van der Waals surface area contributed by atoms with Crippen molar-refractivity contribution in [2.24, 2.45) is 0 Å². The molecule has 0 saturated carbocycles. The van der Waals surface area contributed by atoms with Gasteiger partial charge < -0.3 is 5.11 Å². The lowest BCUT2D eigenvalue weighted by molar-refractivity contribution is -0.136. The van der Waals surface area contributed by atoms with E-state index in [-0.39, 0.29) is 6.42 Å². The van der Waals surface area contributed by atoms with E-state index in [2.05, 4.69) is 4.72 Å². The minimum absolute atomic E-state index is 0.0233. The Kier molecular flexibility index (Phi) is 4.57. The maximum absolute atomic E-state index is 12.0. The van der Waals surface area contributed by atoms with Crippen molar-refractivity contribution in [1.29, 1.82) is 0 Å². The number of carboxylic acids is 1. The lowest BCUT2D eigenvalue weighted by atomic mass is 10.1. The first-order valence-corrected chi connectivity index (χ1v) is 7.43. The lowest BCUT2D eigenvalue weighted by Gasteiger charge is -2.20. The summed E-state index contributed by atoms with van der Waals surface area (Å²) in [5.74, 6) is -0.874. The molecule has 0 aliphatic carbocycles. The van der Waals surface area contributed by atoms with Gasteiger partial charge in [0.15, 0.2) is 0 Å². The third kappa shape index (κ3) is 4.55. The fourth-order valence-corrected chi connectivity index (χ4v) is 2.09. The molecule has 1 rings (SSSR count). The molecule has 0 saturated heterocycles. The van der Waals surface area contributed by atoms with Crippen LogP contribution in [0.2, 0.25) is 0 Å². The number of nitrogens with one attached hydrogen (secondary N) is 1. The van der Waals surface area contributed by atoms with Crippen LogP contribution in [-0.2, 0) is 21.2 Å². The van der Waals surface area contributed by atoms with E-state index in [1.165, 1.54) is 0 Å². The maximum atomic E-state index is 12.0. The molecule has 19 heavy (non-hydrogen) atoms. The standard InChI is InChI=1S/C13H19NO4S/c1-13(2,3)19(17,18)14-11-6-4-5-10(9-11)7-8-12(15)16/h4-6,9,14H,7-8H2,1-3H3,(H,15,16). The average Bonchev–Trinajstić information content (AvgIpc) is 2.24. The molecule has 0 atom stereocenters. The summed E-state index contributed by atoms with van der Waals surface area (Å²) in [5.41, 5.74) is 1.24. The highest BCUT2D eigenvalue weighted by molar-refractivity contribution is 7.94. The van der Waals surface area contributed by atoms with Crippen molar-refractivity contribution in [1.82, 2.24) is 0 Å². The minimum atomic E-state index is -3.47. The topological polar surface area (TPSA) is 83.5 Å². The van der Waals surface area contributed by atoms with Gasteiger partial charge in [0.25, 0.3) is 0 Å².